The Balaban J connectivity index is 2.69. The van der Waals surface area contributed by atoms with E-state index in [4.69, 9.17) is 9.47 Å². The number of ether oxygens (including phenoxy) is 2. The molecule has 0 saturated heterocycles. The normalized spacial score (nSPS) is 12.0. The molecule has 0 aliphatic carbocycles. The summed E-state index contributed by atoms with van der Waals surface area (Å²) in [4.78, 5) is 12.6. The molecule has 0 aromatic carbocycles. The number of hydrogen-bond acceptors (Lipinski definition) is 6. The van der Waals surface area contributed by atoms with E-state index < -0.39 is 0 Å². The van der Waals surface area contributed by atoms with Crippen LogP contribution in [0.15, 0.2) is 0 Å². The summed E-state index contributed by atoms with van der Waals surface area (Å²) in [5.74, 6) is 0.989. The van der Waals surface area contributed by atoms with Gasteiger partial charge in [0.05, 0.1) is 13.2 Å². The van der Waals surface area contributed by atoms with Crippen LogP contribution in [-0.4, -0.2) is 34.7 Å². The van der Waals surface area contributed by atoms with Crippen LogP contribution in [0, 0.1) is 5.92 Å². The van der Waals surface area contributed by atoms with E-state index >= 15 is 0 Å². The average molecular weight is 282 g/mol. The Morgan fingerprint density at radius 3 is 2.30 bits per heavy atom. The Labute approximate surface area is 121 Å². The van der Waals surface area contributed by atoms with Crippen molar-refractivity contribution in [1.82, 2.24) is 15.0 Å². The largest absolute Gasteiger partial charge is 0.464 e. The number of rotatable bonds is 10. The molecule has 0 saturated carbocycles. The van der Waals surface area contributed by atoms with E-state index in [0.717, 1.165) is 25.8 Å². The number of nitrogens with one attached hydrogen (secondary N) is 1. The number of nitrogens with zero attached hydrogens (tertiary/aromatic N) is 3. The molecule has 0 bridgehead atoms. The van der Waals surface area contributed by atoms with Crippen molar-refractivity contribution in [2.75, 3.05) is 25.1 Å². The van der Waals surface area contributed by atoms with Crippen LogP contribution in [0.3, 0.4) is 0 Å². The van der Waals surface area contributed by atoms with Crippen LogP contribution in [0.2, 0.25) is 0 Å². The van der Waals surface area contributed by atoms with Crippen molar-refractivity contribution in [3.8, 4) is 12.0 Å². The first-order valence-electron chi connectivity index (χ1n) is 7.45. The second kappa shape index (κ2) is 9.34. The molecular weight excluding hydrogens is 256 g/mol. The zero-order chi connectivity index (χ0) is 14.8. The summed E-state index contributed by atoms with van der Waals surface area (Å²) < 4.78 is 11.0. The molecule has 0 amide bonds. The lowest BCUT2D eigenvalue weighted by Gasteiger charge is -2.12. The molecule has 0 aliphatic heterocycles. The second-order valence-electron chi connectivity index (χ2n) is 4.79. The van der Waals surface area contributed by atoms with Crippen molar-refractivity contribution in [3.63, 3.8) is 0 Å². The predicted octanol–water partition coefficient (Wildman–Crippen LogP) is 2.91. The maximum Gasteiger partial charge on any atom is 0.324 e. The minimum absolute atomic E-state index is 0.305. The van der Waals surface area contributed by atoms with Gasteiger partial charge in [-0.05, 0) is 25.7 Å². The molecule has 6 heteroatoms. The molecular formula is C14H26N4O2. The van der Waals surface area contributed by atoms with E-state index in [1.807, 2.05) is 6.92 Å². The Kier molecular flexibility index (Phi) is 7.69. The van der Waals surface area contributed by atoms with Crippen LogP contribution >= 0.6 is 0 Å². The lowest BCUT2D eigenvalue weighted by molar-refractivity contribution is 0.226. The van der Waals surface area contributed by atoms with Crippen LogP contribution in [0.25, 0.3) is 0 Å². The molecule has 1 N–H and O–H groups in total. The topological polar surface area (TPSA) is 69.2 Å². The van der Waals surface area contributed by atoms with Crippen molar-refractivity contribution in [2.24, 2.45) is 5.92 Å². The number of aromatic nitrogens is 3. The molecule has 0 radical (unpaired) electrons. The highest BCUT2D eigenvalue weighted by molar-refractivity contribution is 5.27. The fraction of sp³-hybridized carbons (Fsp3) is 0.786. The third kappa shape index (κ3) is 6.04. The first-order valence-corrected chi connectivity index (χ1v) is 7.45. The molecule has 1 rings (SSSR count). The van der Waals surface area contributed by atoms with Crippen molar-refractivity contribution < 1.29 is 9.47 Å². The maximum absolute atomic E-state index is 5.65. The summed E-state index contributed by atoms with van der Waals surface area (Å²) in [7, 11) is 0. The molecule has 20 heavy (non-hydrogen) atoms. The highest BCUT2D eigenvalue weighted by Gasteiger charge is 2.09. The Morgan fingerprint density at radius 2 is 1.70 bits per heavy atom. The summed E-state index contributed by atoms with van der Waals surface area (Å²) in [6.07, 6.45) is 3.28. The average Bonchev–Trinajstić information content (AvgIpc) is 2.43. The van der Waals surface area contributed by atoms with Gasteiger partial charge in [0.1, 0.15) is 0 Å². The summed E-state index contributed by atoms with van der Waals surface area (Å²) in [5, 5.41) is 3.12. The Bertz CT molecular complexity index is 387. The third-order valence-electron chi connectivity index (χ3n) is 2.68. The van der Waals surface area contributed by atoms with E-state index in [-0.39, 0.29) is 0 Å². The fourth-order valence-corrected chi connectivity index (χ4v) is 1.70. The van der Waals surface area contributed by atoms with E-state index in [1.54, 1.807) is 0 Å². The van der Waals surface area contributed by atoms with Crippen LogP contribution in [0.5, 0.6) is 12.0 Å². The van der Waals surface area contributed by atoms with Gasteiger partial charge in [-0.25, -0.2) is 0 Å². The van der Waals surface area contributed by atoms with Gasteiger partial charge in [-0.15, -0.1) is 4.98 Å². The molecule has 114 valence electrons. The molecule has 1 heterocycles. The lowest BCUT2D eigenvalue weighted by Crippen LogP contribution is -2.13. The van der Waals surface area contributed by atoms with Crippen molar-refractivity contribution >= 4 is 5.95 Å². The first kappa shape index (κ1) is 16.5. The standard InChI is InChI=1S/C14H26N4O2/c1-5-8-11(4)10-20-14-17-12(15-9-6-2)16-13(18-14)19-7-3/h11H,5-10H2,1-4H3,(H,15,16,17,18). The first-order chi connectivity index (χ1) is 9.69. The van der Waals surface area contributed by atoms with Crippen molar-refractivity contribution in [1.29, 1.82) is 0 Å². The minimum atomic E-state index is 0.305. The quantitative estimate of drug-likeness (QED) is 0.711. The molecule has 1 aromatic rings. The van der Waals surface area contributed by atoms with Gasteiger partial charge < -0.3 is 14.8 Å². The summed E-state index contributed by atoms with van der Waals surface area (Å²) in [6.45, 7) is 10.2. The van der Waals surface area contributed by atoms with Crippen LogP contribution < -0.4 is 14.8 Å². The number of hydrogen-bond donors (Lipinski definition) is 1. The molecule has 0 spiro atoms. The zero-order valence-corrected chi connectivity index (χ0v) is 13.0. The Hall–Kier alpha value is -1.59. The van der Waals surface area contributed by atoms with Gasteiger partial charge in [-0.2, -0.15) is 9.97 Å². The Morgan fingerprint density at radius 1 is 1.00 bits per heavy atom. The van der Waals surface area contributed by atoms with Crippen LogP contribution in [0.1, 0.15) is 47.0 Å². The minimum Gasteiger partial charge on any atom is -0.464 e. The van der Waals surface area contributed by atoms with Crippen molar-refractivity contribution in [3.05, 3.63) is 0 Å². The van der Waals surface area contributed by atoms with Gasteiger partial charge in [0.25, 0.3) is 0 Å². The predicted molar refractivity (Wildman–Crippen MR) is 79.3 cm³/mol. The van der Waals surface area contributed by atoms with Gasteiger partial charge in [-0.3, -0.25) is 0 Å². The molecule has 1 aromatic heterocycles. The van der Waals surface area contributed by atoms with E-state index in [2.05, 4.69) is 41.0 Å². The van der Waals surface area contributed by atoms with Gasteiger partial charge in [-0.1, -0.05) is 27.2 Å². The maximum atomic E-state index is 5.65. The number of anilines is 1. The van der Waals surface area contributed by atoms with Gasteiger partial charge in [0.15, 0.2) is 0 Å². The summed E-state index contributed by atoms with van der Waals surface area (Å²) in [6, 6.07) is 0.629. The van der Waals surface area contributed by atoms with Crippen molar-refractivity contribution in [2.45, 2.75) is 47.0 Å². The smallest absolute Gasteiger partial charge is 0.324 e. The monoisotopic (exact) mass is 282 g/mol. The molecule has 1 atom stereocenters. The molecule has 1 unspecified atom stereocenters. The zero-order valence-electron chi connectivity index (χ0n) is 13.0. The van der Waals surface area contributed by atoms with Gasteiger partial charge in [0, 0.05) is 6.54 Å². The summed E-state index contributed by atoms with van der Waals surface area (Å²) in [5.41, 5.74) is 0. The lowest BCUT2D eigenvalue weighted by atomic mass is 10.1. The van der Waals surface area contributed by atoms with Gasteiger partial charge >= 0.3 is 12.0 Å². The van der Waals surface area contributed by atoms with Crippen LogP contribution in [-0.2, 0) is 0 Å². The molecule has 0 aliphatic rings. The molecule has 0 fully saturated rings. The second-order valence-corrected chi connectivity index (χ2v) is 4.79. The van der Waals surface area contributed by atoms with E-state index in [1.165, 1.54) is 0 Å². The molecule has 6 nitrogen and oxygen atoms in total. The van der Waals surface area contributed by atoms with E-state index in [0.29, 0.717) is 37.1 Å². The third-order valence-corrected chi connectivity index (χ3v) is 2.68. The SMILES string of the molecule is CCCNc1nc(OCC)nc(OCC(C)CCC)n1. The fourth-order valence-electron chi connectivity index (χ4n) is 1.70. The highest BCUT2D eigenvalue weighted by atomic mass is 16.5. The van der Waals surface area contributed by atoms with E-state index in [9.17, 15) is 0 Å². The van der Waals surface area contributed by atoms with Gasteiger partial charge in [0.2, 0.25) is 5.95 Å². The van der Waals surface area contributed by atoms with Crippen LogP contribution in [0.4, 0.5) is 5.95 Å². The summed E-state index contributed by atoms with van der Waals surface area (Å²) >= 11 is 0. The highest BCUT2D eigenvalue weighted by Crippen LogP contribution is 2.14.